The van der Waals surface area contributed by atoms with Crippen LogP contribution in [-0.2, 0) is 11.2 Å². The van der Waals surface area contributed by atoms with E-state index in [0.29, 0.717) is 18.3 Å². The highest BCUT2D eigenvalue weighted by atomic mass is 16.1. The Balaban J connectivity index is 1.86. The maximum absolute atomic E-state index is 12.2. The summed E-state index contributed by atoms with van der Waals surface area (Å²) in [6, 6.07) is 14.0. The van der Waals surface area contributed by atoms with Crippen LogP contribution in [0.1, 0.15) is 25.5 Å². The minimum atomic E-state index is -0.0506. The summed E-state index contributed by atoms with van der Waals surface area (Å²) in [4.78, 5) is 16.4. The van der Waals surface area contributed by atoms with E-state index in [1.165, 1.54) is 0 Å². The summed E-state index contributed by atoms with van der Waals surface area (Å²) in [7, 11) is 0. The molecule has 0 saturated heterocycles. The summed E-state index contributed by atoms with van der Waals surface area (Å²) in [5, 5.41) is 3.97. The third-order valence-corrected chi connectivity index (χ3v) is 3.66. The van der Waals surface area contributed by atoms with E-state index in [-0.39, 0.29) is 5.91 Å². The summed E-state index contributed by atoms with van der Waals surface area (Å²) in [6.45, 7) is 4.29. The fourth-order valence-corrected chi connectivity index (χ4v) is 2.64. The normalized spacial score (nSPS) is 11.0. The molecule has 2 aromatic heterocycles. The molecule has 22 heavy (non-hydrogen) atoms. The van der Waals surface area contributed by atoms with Crippen molar-refractivity contribution in [3.8, 4) is 0 Å². The van der Waals surface area contributed by atoms with Gasteiger partial charge in [-0.1, -0.05) is 24.3 Å². The van der Waals surface area contributed by atoms with Gasteiger partial charge in [0.25, 0.3) is 0 Å². The Morgan fingerprint density at radius 2 is 1.95 bits per heavy atom. The molecule has 0 aliphatic heterocycles. The number of para-hydroxylation sites is 1. The fourth-order valence-electron chi connectivity index (χ4n) is 2.64. The number of anilines is 1. The van der Waals surface area contributed by atoms with Crippen LogP contribution < -0.4 is 5.32 Å². The minimum Gasteiger partial charge on any atom is -0.345 e. The van der Waals surface area contributed by atoms with Crippen molar-refractivity contribution in [1.82, 2.24) is 9.55 Å². The van der Waals surface area contributed by atoms with Gasteiger partial charge >= 0.3 is 0 Å². The van der Waals surface area contributed by atoms with Crippen LogP contribution in [0.25, 0.3) is 10.9 Å². The van der Waals surface area contributed by atoms with Crippen molar-refractivity contribution in [3.05, 3.63) is 60.4 Å². The SMILES string of the molecule is CC(C)n1cc(CC(=O)Nc2ccccn2)c2ccccc21. The standard InChI is InChI=1S/C18H19N3O/c1-13(2)21-12-14(15-7-3-4-8-16(15)21)11-18(22)20-17-9-5-6-10-19-17/h3-10,12-13H,11H2,1-2H3,(H,19,20,22). The number of nitrogens with zero attached hydrogens (tertiary/aromatic N) is 2. The first-order chi connectivity index (χ1) is 10.6. The number of aromatic nitrogens is 2. The number of carbonyl (C=O) groups excluding carboxylic acids is 1. The van der Waals surface area contributed by atoms with Crippen molar-refractivity contribution >= 4 is 22.6 Å². The van der Waals surface area contributed by atoms with Gasteiger partial charge in [0.2, 0.25) is 5.91 Å². The lowest BCUT2D eigenvalue weighted by Gasteiger charge is -2.08. The van der Waals surface area contributed by atoms with Crippen LogP contribution in [0, 0.1) is 0 Å². The number of rotatable bonds is 4. The van der Waals surface area contributed by atoms with Crippen LogP contribution in [-0.4, -0.2) is 15.5 Å². The van der Waals surface area contributed by atoms with E-state index < -0.39 is 0 Å². The molecule has 3 rings (SSSR count). The van der Waals surface area contributed by atoms with E-state index in [1.807, 2.05) is 24.3 Å². The van der Waals surface area contributed by atoms with Crippen molar-refractivity contribution in [1.29, 1.82) is 0 Å². The molecule has 1 aromatic carbocycles. The highest BCUT2D eigenvalue weighted by molar-refractivity contribution is 5.95. The van der Waals surface area contributed by atoms with Crippen molar-refractivity contribution in [2.24, 2.45) is 0 Å². The maximum Gasteiger partial charge on any atom is 0.230 e. The number of hydrogen-bond acceptors (Lipinski definition) is 2. The number of benzene rings is 1. The van der Waals surface area contributed by atoms with Gasteiger partial charge in [-0.25, -0.2) is 4.98 Å². The van der Waals surface area contributed by atoms with Gasteiger partial charge in [0.1, 0.15) is 5.82 Å². The first-order valence-corrected chi connectivity index (χ1v) is 7.44. The number of hydrogen-bond donors (Lipinski definition) is 1. The van der Waals surface area contributed by atoms with Crippen LogP contribution in [0.2, 0.25) is 0 Å². The molecule has 1 N–H and O–H groups in total. The predicted octanol–water partition coefficient (Wildman–Crippen LogP) is 3.80. The molecule has 4 heteroatoms. The van der Waals surface area contributed by atoms with Crippen LogP contribution in [0.5, 0.6) is 0 Å². The van der Waals surface area contributed by atoms with Gasteiger partial charge in [-0.2, -0.15) is 0 Å². The number of carbonyl (C=O) groups is 1. The second-order valence-corrected chi connectivity index (χ2v) is 5.61. The number of amides is 1. The molecule has 0 atom stereocenters. The van der Waals surface area contributed by atoms with Gasteiger partial charge in [0.15, 0.2) is 0 Å². The van der Waals surface area contributed by atoms with E-state index in [0.717, 1.165) is 16.5 Å². The molecule has 0 aliphatic carbocycles. The van der Waals surface area contributed by atoms with Crippen LogP contribution in [0.15, 0.2) is 54.9 Å². The summed E-state index contributed by atoms with van der Waals surface area (Å²) < 4.78 is 2.21. The highest BCUT2D eigenvalue weighted by Crippen LogP contribution is 2.25. The van der Waals surface area contributed by atoms with Crippen LogP contribution in [0.4, 0.5) is 5.82 Å². The van der Waals surface area contributed by atoms with E-state index in [1.54, 1.807) is 12.3 Å². The maximum atomic E-state index is 12.2. The van der Waals surface area contributed by atoms with Gasteiger partial charge < -0.3 is 9.88 Å². The second-order valence-electron chi connectivity index (χ2n) is 5.61. The quantitative estimate of drug-likeness (QED) is 0.795. The smallest absolute Gasteiger partial charge is 0.230 e. The number of pyridine rings is 1. The summed E-state index contributed by atoms with van der Waals surface area (Å²) in [6.07, 6.45) is 4.09. The molecule has 112 valence electrons. The minimum absolute atomic E-state index is 0.0506. The summed E-state index contributed by atoms with van der Waals surface area (Å²) in [5.74, 6) is 0.533. The Kier molecular flexibility index (Phi) is 3.92. The first kappa shape index (κ1) is 14.3. The first-order valence-electron chi connectivity index (χ1n) is 7.44. The molecule has 3 aromatic rings. The average molecular weight is 293 g/mol. The zero-order valence-corrected chi connectivity index (χ0v) is 12.8. The fraction of sp³-hybridized carbons (Fsp3) is 0.222. The largest absolute Gasteiger partial charge is 0.345 e. The molecule has 0 bridgehead atoms. The zero-order chi connectivity index (χ0) is 15.5. The molecule has 0 spiro atoms. The molecular formula is C18H19N3O. The molecule has 0 aliphatic rings. The Hall–Kier alpha value is -2.62. The van der Waals surface area contributed by atoms with Gasteiger partial charge in [-0.05, 0) is 37.6 Å². The van der Waals surface area contributed by atoms with Gasteiger partial charge in [0, 0.05) is 29.3 Å². The van der Waals surface area contributed by atoms with E-state index in [9.17, 15) is 4.79 Å². The highest BCUT2D eigenvalue weighted by Gasteiger charge is 2.13. The van der Waals surface area contributed by atoms with Gasteiger partial charge in [-0.3, -0.25) is 4.79 Å². The zero-order valence-electron chi connectivity index (χ0n) is 12.8. The summed E-state index contributed by atoms with van der Waals surface area (Å²) >= 11 is 0. The average Bonchev–Trinajstić information content (AvgIpc) is 2.87. The summed E-state index contributed by atoms with van der Waals surface area (Å²) in [5.41, 5.74) is 2.20. The molecule has 0 unspecified atom stereocenters. The van der Waals surface area contributed by atoms with Crippen molar-refractivity contribution in [2.75, 3.05) is 5.32 Å². The second kappa shape index (κ2) is 6.02. The molecule has 0 radical (unpaired) electrons. The van der Waals surface area contributed by atoms with Crippen molar-refractivity contribution in [2.45, 2.75) is 26.3 Å². The van der Waals surface area contributed by atoms with E-state index in [4.69, 9.17) is 0 Å². The molecule has 2 heterocycles. The Morgan fingerprint density at radius 1 is 1.18 bits per heavy atom. The molecular weight excluding hydrogens is 274 g/mol. The van der Waals surface area contributed by atoms with Crippen molar-refractivity contribution < 1.29 is 4.79 Å². The lowest BCUT2D eigenvalue weighted by Crippen LogP contribution is -2.15. The topological polar surface area (TPSA) is 46.9 Å². The van der Waals surface area contributed by atoms with Crippen molar-refractivity contribution in [3.63, 3.8) is 0 Å². The molecule has 0 fully saturated rings. The van der Waals surface area contributed by atoms with E-state index in [2.05, 4.69) is 47.0 Å². The van der Waals surface area contributed by atoms with Gasteiger partial charge in [0.05, 0.1) is 6.42 Å². The molecule has 0 saturated carbocycles. The lowest BCUT2D eigenvalue weighted by molar-refractivity contribution is -0.115. The van der Waals surface area contributed by atoms with E-state index >= 15 is 0 Å². The third-order valence-electron chi connectivity index (χ3n) is 3.66. The van der Waals surface area contributed by atoms with Gasteiger partial charge in [-0.15, -0.1) is 0 Å². The molecule has 1 amide bonds. The van der Waals surface area contributed by atoms with Crippen LogP contribution >= 0.6 is 0 Å². The lowest BCUT2D eigenvalue weighted by atomic mass is 10.1. The van der Waals surface area contributed by atoms with Crippen LogP contribution in [0.3, 0.4) is 0 Å². The molecule has 4 nitrogen and oxygen atoms in total. The number of nitrogens with one attached hydrogen (secondary N) is 1. The third kappa shape index (κ3) is 2.86. The Bertz CT molecular complexity index is 790. The predicted molar refractivity (Wildman–Crippen MR) is 88.9 cm³/mol. The Morgan fingerprint density at radius 3 is 2.68 bits per heavy atom. The number of fused-ring (bicyclic) bond motifs is 1. The monoisotopic (exact) mass is 293 g/mol. The Labute approximate surface area is 129 Å².